The molecule has 2 aromatic rings. The van der Waals surface area contributed by atoms with E-state index in [1.807, 2.05) is 0 Å². The van der Waals surface area contributed by atoms with Crippen molar-refractivity contribution < 1.29 is 29.6 Å². The van der Waals surface area contributed by atoms with Gasteiger partial charge in [0, 0.05) is 25.1 Å². The normalized spacial score (nSPS) is 20.1. The van der Waals surface area contributed by atoms with Gasteiger partial charge in [0.1, 0.15) is 5.75 Å². The molecule has 1 saturated carbocycles. The number of benzene rings is 1. The molecular formula is C21H28F2N2O4. The minimum atomic E-state index is -2.90. The maximum atomic E-state index is 12.6. The summed E-state index contributed by atoms with van der Waals surface area (Å²) in [6, 6.07) is 6.18. The second-order valence-corrected chi connectivity index (χ2v) is 8.03. The van der Waals surface area contributed by atoms with Gasteiger partial charge in [0.15, 0.2) is 0 Å². The fraction of sp³-hybridized carbons (Fsp3) is 0.524. The smallest absolute Gasteiger partial charge is 0.387 e. The number of nitrogens with zero attached hydrogens (tertiary/aromatic N) is 1. The molecule has 6 nitrogen and oxygen atoms in total. The Labute approximate surface area is 169 Å². The summed E-state index contributed by atoms with van der Waals surface area (Å²) < 4.78 is 34.7. The number of hydrogen-bond acceptors (Lipinski definition) is 5. The molecule has 3 rings (SSSR count). The number of fused-ring (bicyclic) bond motifs is 1. The van der Waals surface area contributed by atoms with Gasteiger partial charge in [-0.25, -0.2) is 0 Å². The predicted octanol–water partition coefficient (Wildman–Crippen LogP) is 3.91. The van der Waals surface area contributed by atoms with Gasteiger partial charge in [0.25, 0.3) is 5.91 Å². The molecule has 0 atom stereocenters. The van der Waals surface area contributed by atoms with Gasteiger partial charge < -0.3 is 19.9 Å². The van der Waals surface area contributed by atoms with Crippen LogP contribution in [-0.4, -0.2) is 47.0 Å². The first-order valence-corrected chi connectivity index (χ1v) is 9.69. The van der Waals surface area contributed by atoms with Crippen molar-refractivity contribution in [1.29, 1.82) is 0 Å². The maximum Gasteiger partial charge on any atom is 0.387 e. The van der Waals surface area contributed by atoms with Crippen LogP contribution in [0.25, 0.3) is 10.9 Å². The molecule has 0 unspecified atom stereocenters. The lowest BCUT2D eigenvalue weighted by atomic mass is 9.92. The van der Waals surface area contributed by atoms with E-state index in [1.54, 1.807) is 26.0 Å². The van der Waals surface area contributed by atoms with Crippen molar-refractivity contribution in [2.75, 3.05) is 6.61 Å². The van der Waals surface area contributed by atoms with Gasteiger partial charge in [-0.2, -0.15) is 8.78 Å². The van der Waals surface area contributed by atoms with E-state index in [4.69, 9.17) is 4.74 Å². The molecule has 0 radical (unpaired) electrons. The van der Waals surface area contributed by atoms with Gasteiger partial charge in [0.05, 0.1) is 29.4 Å². The van der Waals surface area contributed by atoms with E-state index < -0.39 is 12.2 Å². The lowest BCUT2D eigenvalue weighted by Crippen LogP contribution is -2.40. The number of rotatable bonds is 7. The minimum absolute atomic E-state index is 0. The second kappa shape index (κ2) is 9.00. The molecule has 0 aliphatic heterocycles. The first kappa shape index (κ1) is 21.4. The number of hydrogen-bond donors (Lipinski definition) is 2. The van der Waals surface area contributed by atoms with E-state index >= 15 is 0 Å². The number of ether oxygens (including phenoxy) is 2. The van der Waals surface area contributed by atoms with Gasteiger partial charge in [-0.3, -0.25) is 9.78 Å². The Morgan fingerprint density at radius 1 is 1.31 bits per heavy atom. The third-order valence-electron chi connectivity index (χ3n) is 4.82. The summed E-state index contributed by atoms with van der Waals surface area (Å²) in [5.41, 5.74) is 0.0464. The van der Waals surface area contributed by atoms with Crippen molar-refractivity contribution in [2.24, 2.45) is 0 Å². The van der Waals surface area contributed by atoms with Gasteiger partial charge in [-0.1, -0.05) is 0 Å². The molecule has 1 aliphatic carbocycles. The summed E-state index contributed by atoms with van der Waals surface area (Å²) in [6.07, 6.45) is 4.78. The Hall–Kier alpha value is -2.32. The molecule has 29 heavy (non-hydrogen) atoms. The first-order chi connectivity index (χ1) is 13.7. The summed E-state index contributed by atoms with van der Waals surface area (Å²) >= 11 is 0. The topological polar surface area (TPSA) is 80.7 Å². The largest absolute Gasteiger partial charge is 0.435 e. The van der Waals surface area contributed by atoms with E-state index in [0.717, 1.165) is 25.7 Å². The van der Waals surface area contributed by atoms with Crippen LogP contribution in [0.3, 0.4) is 0 Å². The quantitative estimate of drug-likeness (QED) is 0.723. The molecule has 1 aromatic heterocycles. The van der Waals surface area contributed by atoms with Crippen molar-refractivity contribution in [3.63, 3.8) is 0 Å². The van der Waals surface area contributed by atoms with Crippen molar-refractivity contribution in [3.05, 3.63) is 36.0 Å². The molecular weight excluding hydrogens is 382 g/mol. The number of alkyl halides is 2. The summed E-state index contributed by atoms with van der Waals surface area (Å²) in [5.74, 6) is -0.186. The molecule has 1 fully saturated rings. The zero-order chi connectivity index (χ0) is 21.0. The number of carbonyl (C=O) groups excluding carboxylic acids is 1. The third-order valence-corrected chi connectivity index (χ3v) is 4.82. The summed E-state index contributed by atoms with van der Waals surface area (Å²) in [4.78, 5) is 16.8. The fourth-order valence-corrected chi connectivity index (χ4v) is 3.37. The first-order valence-electron chi connectivity index (χ1n) is 9.69. The molecule has 1 aliphatic rings. The van der Waals surface area contributed by atoms with Crippen LogP contribution in [-0.2, 0) is 4.74 Å². The molecule has 1 heterocycles. The van der Waals surface area contributed by atoms with E-state index in [2.05, 4.69) is 15.0 Å². The van der Waals surface area contributed by atoms with Crippen LogP contribution in [0.5, 0.6) is 5.75 Å². The summed E-state index contributed by atoms with van der Waals surface area (Å²) in [6.45, 7) is 0.821. The molecule has 0 spiro atoms. The van der Waals surface area contributed by atoms with E-state index in [0.29, 0.717) is 23.1 Å². The summed E-state index contributed by atoms with van der Waals surface area (Å²) in [5, 5.41) is 13.4. The maximum absolute atomic E-state index is 12.6. The zero-order valence-electron chi connectivity index (χ0n) is 16.5. The highest BCUT2D eigenvalue weighted by Gasteiger charge is 2.25. The Balaban J connectivity index is 0.00000320. The second-order valence-electron chi connectivity index (χ2n) is 8.03. The number of amides is 1. The third kappa shape index (κ3) is 6.33. The number of carbonyl (C=O) groups is 1. The average Bonchev–Trinajstić information content (AvgIpc) is 2.66. The van der Waals surface area contributed by atoms with Gasteiger partial charge in [-0.05, 0) is 57.7 Å². The Bertz CT molecular complexity index is 853. The lowest BCUT2D eigenvalue weighted by Gasteiger charge is -2.30. The van der Waals surface area contributed by atoms with Crippen molar-refractivity contribution in [1.82, 2.24) is 10.3 Å². The lowest BCUT2D eigenvalue weighted by molar-refractivity contribution is -0.0640. The number of aliphatic hydroxyl groups is 1. The SMILES string of the molecule is CC(C)(O)COC1CCC(NC(=O)c2cnc3cc(OC(F)F)ccc3c2)CC1.[HH]. The Morgan fingerprint density at radius 2 is 2.03 bits per heavy atom. The van der Waals surface area contributed by atoms with Crippen molar-refractivity contribution in [3.8, 4) is 5.75 Å². The van der Waals surface area contributed by atoms with Crippen molar-refractivity contribution in [2.45, 2.75) is 63.9 Å². The fourth-order valence-electron chi connectivity index (χ4n) is 3.37. The van der Waals surface area contributed by atoms with Crippen LogP contribution in [0, 0.1) is 0 Å². The molecule has 8 heteroatoms. The highest BCUT2D eigenvalue weighted by molar-refractivity contribution is 5.97. The summed E-state index contributed by atoms with van der Waals surface area (Å²) in [7, 11) is 0. The minimum Gasteiger partial charge on any atom is -0.435 e. The van der Waals surface area contributed by atoms with Crippen LogP contribution in [0.4, 0.5) is 8.78 Å². The number of nitrogens with one attached hydrogen (secondary N) is 1. The molecule has 0 saturated heterocycles. The van der Waals surface area contributed by atoms with E-state index in [-0.39, 0.29) is 25.2 Å². The van der Waals surface area contributed by atoms with E-state index in [9.17, 15) is 18.7 Å². The number of aromatic nitrogens is 1. The number of pyridine rings is 1. The molecule has 0 bridgehead atoms. The van der Waals surface area contributed by atoms with Gasteiger partial charge in [-0.15, -0.1) is 0 Å². The van der Waals surface area contributed by atoms with Crippen molar-refractivity contribution >= 4 is 16.8 Å². The molecule has 1 aromatic carbocycles. The Kier molecular flexibility index (Phi) is 6.64. The molecule has 2 N–H and O–H groups in total. The average molecular weight is 410 g/mol. The molecule has 160 valence electrons. The van der Waals surface area contributed by atoms with E-state index in [1.165, 1.54) is 18.3 Å². The van der Waals surface area contributed by atoms with Crippen LogP contribution in [0.2, 0.25) is 0 Å². The van der Waals surface area contributed by atoms with Crippen LogP contribution >= 0.6 is 0 Å². The van der Waals surface area contributed by atoms with Gasteiger partial charge >= 0.3 is 6.61 Å². The molecule has 1 amide bonds. The monoisotopic (exact) mass is 410 g/mol. The van der Waals surface area contributed by atoms with Crippen LogP contribution in [0.15, 0.2) is 30.5 Å². The zero-order valence-corrected chi connectivity index (χ0v) is 16.5. The highest BCUT2D eigenvalue weighted by atomic mass is 19.3. The highest BCUT2D eigenvalue weighted by Crippen LogP contribution is 2.24. The van der Waals surface area contributed by atoms with Crippen LogP contribution < -0.4 is 10.1 Å². The predicted molar refractivity (Wildman–Crippen MR) is 106 cm³/mol. The Morgan fingerprint density at radius 3 is 2.69 bits per heavy atom. The standard InChI is InChI=1S/C21H26F2N2O4.H2/c1-21(2,27)12-28-16-7-4-15(5-8-16)25-19(26)14-9-13-3-6-17(29-20(22)23)10-18(13)24-11-14;/h3,6,9-11,15-16,20,27H,4-5,7-8,12H2,1-2H3,(H,25,26);1H. The van der Waals surface area contributed by atoms with Crippen LogP contribution in [0.1, 0.15) is 51.3 Å². The number of halogens is 2. The van der Waals surface area contributed by atoms with Gasteiger partial charge in [0.2, 0.25) is 0 Å².